The van der Waals surface area contributed by atoms with Gasteiger partial charge in [0, 0.05) is 13.2 Å². The largest absolute Gasteiger partial charge is 0.478 e. The van der Waals surface area contributed by atoms with E-state index in [9.17, 15) is 4.79 Å². The van der Waals surface area contributed by atoms with E-state index in [-0.39, 0.29) is 5.56 Å². The van der Waals surface area contributed by atoms with Crippen LogP contribution in [0.5, 0.6) is 0 Å². The molecule has 0 aliphatic heterocycles. The Morgan fingerprint density at radius 2 is 2.22 bits per heavy atom. The molecule has 0 saturated carbocycles. The monoisotopic (exact) mass is 272 g/mol. The lowest BCUT2D eigenvalue weighted by Gasteiger charge is -2.07. The molecule has 102 valence electrons. The van der Waals surface area contributed by atoms with Crippen molar-refractivity contribution >= 4 is 22.5 Å². The molecular weight excluding hydrogens is 252 g/mol. The summed E-state index contributed by atoms with van der Waals surface area (Å²) in [5, 5.41) is 12.7. The molecule has 0 bridgehead atoms. The van der Waals surface area contributed by atoms with Crippen LogP contribution in [0.3, 0.4) is 0 Å². The number of carbonyl (C=O) groups is 1. The maximum atomic E-state index is 11.0. The van der Waals surface area contributed by atoms with Gasteiger partial charge in [-0.3, -0.25) is 0 Å². The smallest absolute Gasteiger partial charge is 0.340 e. The summed E-state index contributed by atoms with van der Waals surface area (Å²) in [7, 11) is 0. The van der Waals surface area contributed by atoms with Gasteiger partial charge in [-0.05, 0) is 30.8 Å². The van der Waals surface area contributed by atoms with E-state index in [1.165, 1.54) is 11.5 Å². The minimum absolute atomic E-state index is 0.266. The summed E-state index contributed by atoms with van der Waals surface area (Å²) < 4.78 is 9.48. The Hall–Kier alpha value is -1.14. The van der Waals surface area contributed by atoms with Crippen LogP contribution in [0, 0.1) is 12.8 Å². The lowest BCUT2D eigenvalue weighted by atomic mass is 10.1. The van der Waals surface area contributed by atoms with Crippen molar-refractivity contribution in [1.29, 1.82) is 0 Å². The minimum Gasteiger partial charge on any atom is -0.478 e. The molecule has 1 rings (SSSR count). The molecule has 0 fully saturated rings. The summed E-state index contributed by atoms with van der Waals surface area (Å²) in [4.78, 5) is 11.0. The number of anilines is 1. The third-order valence-corrected chi connectivity index (χ3v) is 3.34. The molecule has 0 saturated heterocycles. The van der Waals surface area contributed by atoms with Crippen LogP contribution in [0.2, 0.25) is 0 Å². The molecule has 0 aliphatic carbocycles. The van der Waals surface area contributed by atoms with Gasteiger partial charge in [-0.15, -0.1) is 0 Å². The van der Waals surface area contributed by atoms with E-state index in [4.69, 9.17) is 9.84 Å². The molecule has 6 heteroatoms. The molecule has 0 aliphatic rings. The van der Waals surface area contributed by atoms with E-state index in [0.717, 1.165) is 13.0 Å². The number of aromatic carboxylic acids is 1. The fraction of sp³-hybridized carbons (Fsp3) is 0.667. The predicted molar refractivity (Wildman–Crippen MR) is 72.6 cm³/mol. The van der Waals surface area contributed by atoms with Gasteiger partial charge in [0.05, 0.1) is 12.3 Å². The molecule has 0 amide bonds. The average molecular weight is 272 g/mol. The Morgan fingerprint density at radius 1 is 1.50 bits per heavy atom. The van der Waals surface area contributed by atoms with Gasteiger partial charge in [-0.1, -0.05) is 13.8 Å². The van der Waals surface area contributed by atoms with E-state index < -0.39 is 5.97 Å². The summed E-state index contributed by atoms with van der Waals surface area (Å²) in [6.45, 7) is 7.92. The zero-order chi connectivity index (χ0) is 13.5. The summed E-state index contributed by atoms with van der Waals surface area (Å²) >= 11 is 1.18. The maximum Gasteiger partial charge on any atom is 0.340 e. The van der Waals surface area contributed by atoms with E-state index in [0.29, 0.717) is 29.8 Å². The van der Waals surface area contributed by atoms with Gasteiger partial charge in [-0.25, -0.2) is 4.79 Å². The Balaban J connectivity index is 2.29. The van der Waals surface area contributed by atoms with E-state index in [1.54, 1.807) is 6.92 Å². The Bertz CT molecular complexity index is 391. The highest BCUT2D eigenvalue weighted by Gasteiger charge is 2.16. The van der Waals surface area contributed by atoms with Gasteiger partial charge in [0.25, 0.3) is 0 Å². The first-order valence-corrected chi connectivity index (χ1v) is 6.81. The standard InChI is InChI=1S/C12H20N2O3S/c1-8(2)4-6-17-7-5-13-11-10(12(15)16)9(3)14-18-11/h8,13H,4-7H2,1-3H3,(H,15,16). The van der Waals surface area contributed by atoms with Gasteiger partial charge in [-0.2, -0.15) is 4.37 Å². The summed E-state index contributed by atoms with van der Waals surface area (Å²) in [6, 6.07) is 0. The van der Waals surface area contributed by atoms with Crippen molar-refractivity contribution in [2.45, 2.75) is 27.2 Å². The van der Waals surface area contributed by atoms with Crippen LogP contribution in [0.1, 0.15) is 36.3 Å². The normalized spacial score (nSPS) is 10.9. The molecule has 0 unspecified atom stereocenters. The van der Waals surface area contributed by atoms with Crippen molar-refractivity contribution in [1.82, 2.24) is 4.37 Å². The van der Waals surface area contributed by atoms with E-state index in [1.807, 2.05) is 0 Å². The second-order valence-electron chi connectivity index (χ2n) is 4.50. The predicted octanol–water partition coefficient (Wildman–Crippen LogP) is 2.62. The number of aromatic nitrogens is 1. The molecule has 0 spiro atoms. The van der Waals surface area contributed by atoms with Gasteiger partial charge in [0.15, 0.2) is 0 Å². The van der Waals surface area contributed by atoms with Crippen molar-refractivity contribution in [3.8, 4) is 0 Å². The number of carboxylic acid groups (broad SMARTS) is 1. The molecule has 1 aromatic heterocycles. The topological polar surface area (TPSA) is 71.5 Å². The van der Waals surface area contributed by atoms with Gasteiger partial charge >= 0.3 is 5.97 Å². The van der Waals surface area contributed by atoms with Crippen LogP contribution in [0.4, 0.5) is 5.00 Å². The number of aryl methyl sites for hydroxylation is 1. The minimum atomic E-state index is -0.940. The first-order chi connectivity index (χ1) is 8.52. The highest BCUT2D eigenvalue weighted by atomic mass is 32.1. The highest BCUT2D eigenvalue weighted by molar-refractivity contribution is 7.10. The lowest BCUT2D eigenvalue weighted by molar-refractivity contribution is 0.0697. The number of nitrogens with one attached hydrogen (secondary N) is 1. The van der Waals surface area contributed by atoms with Crippen LogP contribution < -0.4 is 5.32 Å². The van der Waals surface area contributed by atoms with Crippen molar-refractivity contribution in [3.63, 3.8) is 0 Å². The number of carboxylic acids is 1. The zero-order valence-corrected chi connectivity index (χ0v) is 11.8. The molecule has 0 aromatic carbocycles. The molecule has 18 heavy (non-hydrogen) atoms. The number of rotatable bonds is 8. The SMILES string of the molecule is Cc1nsc(NCCOCCC(C)C)c1C(=O)O. The third-order valence-electron chi connectivity index (χ3n) is 2.45. The lowest BCUT2D eigenvalue weighted by Crippen LogP contribution is -2.12. The third kappa shape index (κ3) is 4.62. The number of hydrogen-bond acceptors (Lipinski definition) is 5. The fourth-order valence-corrected chi connectivity index (χ4v) is 2.21. The van der Waals surface area contributed by atoms with Crippen LogP contribution in [-0.2, 0) is 4.74 Å². The second kappa shape index (κ2) is 7.33. The maximum absolute atomic E-state index is 11.0. The summed E-state index contributed by atoms with van der Waals surface area (Å²) in [5.74, 6) is -0.301. The fourth-order valence-electron chi connectivity index (χ4n) is 1.40. The first kappa shape index (κ1) is 14.9. The molecule has 0 atom stereocenters. The highest BCUT2D eigenvalue weighted by Crippen LogP contribution is 2.23. The summed E-state index contributed by atoms with van der Waals surface area (Å²) in [5.41, 5.74) is 0.818. The van der Waals surface area contributed by atoms with Gasteiger partial charge < -0.3 is 15.2 Å². The van der Waals surface area contributed by atoms with Crippen LogP contribution >= 0.6 is 11.5 Å². The van der Waals surface area contributed by atoms with Crippen LogP contribution in [0.15, 0.2) is 0 Å². The van der Waals surface area contributed by atoms with Crippen molar-refractivity contribution < 1.29 is 14.6 Å². The Labute approximate surface area is 111 Å². The molecule has 5 nitrogen and oxygen atoms in total. The van der Waals surface area contributed by atoms with Crippen LogP contribution in [0.25, 0.3) is 0 Å². The zero-order valence-electron chi connectivity index (χ0n) is 11.0. The molecule has 0 radical (unpaired) electrons. The number of hydrogen-bond donors (Lipinski definition) is 2. The van der Waals surface area contributed by atoms with Gasteiger partial charge in [0.2, 0.25) is 0 Å². The van der Waals surface area contributed by atoms with E-state index >= 15 is 0 Å². The molecular formula is C12H20N2O3S. The number of nitrogens with zero attached hydrogens (tertiary/aromatic N) is 1. The van der Waals surface area contributed by atoms with Crippen molar-refractivity contribution in [3.05, 3.63) is 11.3 Å². The van der Waals surface area contributed by atoms with E-state index in [2.05, 4.69) is 23.5 Å². The number of ether oxygens (including phenoxy) is 1. The first-order valence-electron chi connectivity index (χ1n) is 6.03. The molecule has 2 N–H and O–H groups in total. The van der Waals surface area contributed by atoms with Crippen molar-refractivity contribution in [2.75, 3.05) is 25.1 Å². The Morgan fingerprint density at radius 3 is 2.83 bits per heavy atom. The quantitative estimate of drug-likeness (QED) is 0.712. The molecule has 1 heterocycles. The second-order valence-corrected chi connectivity index (χ2v) is 5.27. The average Bonchev–Trinajstić information content (AvgIpc) is 2.64. The summed E-state index contributed by atoms with van der Waals surface area (Å²) in [6.07, 6.45) is 1.04. The van der Waals surface area contributed by atoms with Gasteiger partial charge in [0.1, 0.15) is 10.6 Å². The molecule has 1 aromatic rings. The Kier molecular flexibility index (Phi) is 6.07. The van der Waals surface area contributed by atoms with Crippen molar-refractivity contribution in [2.24, 2.45) is 5.92 Å². The van der Waals surface area contributed by atoms with Crippen LogP contribution in [-0.4, -0.2) is 35.2 Å².